The molecule has 4 rings (SSSR count). The predicted octanol–water partition coefficient (Wildman–Crippen LogP) is 3.14. The number of ether oxygens (including phenoxy) is 1. The van der Waals surface area contributed by atoms with E-state index in [1.807, 2.05) is 24.3 Å². The number of thiazole rings is 1. The van der Waals surface area contributed by atoms with Crippen LogP contribution in [-0.4, -0.2) is 31.6 Å². The van der Waals surface area contributed by atoms with E-state index < -0.39 is 11.9 Å². The number of carbonyl (C=O) groups excluding carboxylic acids is 1. The molecule has 0 atom stereocenters. The zero-order valence-electron chi connectivity index (χ0n) is 16.4. The second-order valence-electron chi connectivity index (χ2n) is 6.21. The minimum atomic E-state index is -0.833. The average molecular weight is 502 g/mol. The summed E-state index contributed by atoms with van der Waals surface area (Å²) in [6, 6.07) is 14.6. The fourth-order valence-corrected chi connectivity index (χ4v) is 3.92. The molecule has 0 saturated carbocycles. The second-order valence-corrected chi connectivity index (χ2v) is 8.13. The third-order valence-electron chi connectivity index (χ3n) is 3.71. The normalized spacial score (nSPS) is 11.1. The van der Waals surface area contributed by atoms with Gasteiger partial charge in [-0.3, -0.25) is 14.4 Å². The SMILES string of the molecule is CC(=O)O.CC(=O)Oc1ccccc1-c1nc2sc(=Cc3cccc(Br)c3)c(=O)n2n1. The number of rotatable bonds is 3. The van der Waals surface area contributed by atoms with Crippen LogP contribution < -0.4 is 14.8 Å². The maximum atomic E-state index is 12.7. The maximum absolute atomic E-state index is 12.7. The quantitative estimate of drug-likeness (QED) is 0.339. The summed E-state index contributed by atoms with van der Waals surface area (Å²) in [5, 5.41) is 11.7. The first-order valence-electron chi connectivity index (χ1n) is 8.89. The fraction of sp³-hybridized carbons (Fsp3) is 0.0952. The van der Waals surface area contributed by atoms with Gasteiger partial charge in [0.25, 0.3) is 11.5 Å². The van der Waals surface area contributed by atoms with Crippen LogP contribution in [0, 0.1) is 0 Å². The van der Waals surface area contributed by atoms with Gasteiger partial charge in [-0.25, -0.2) is 0 Å². The number of benzene rings is 2. The number of carboxylic acids is 1. The summed E-state index contributed by atoms with van der Waals surface area (Å²) >= 11 is 4.68. The molecule has 4 aromatic rings. The molecule has 0 radical (unpaired) electrons. The Hall–Kier alpha value is -3.37. The van der Waals surface area contributed by atoms with Crippen LogP contribution in [0.4, 0.5) is 0 Å². The molecule has 0 saturated heterocycles. The number of nitrogens with zero attached hydrogens (tertiary/aromatic N) is 3. The molecule has 2 aromatic carbocycles. The Balaban J connectivity index is 0.000000628. The number of aromatic nitrogens is 3. The number of carbonyl (C=O) groups is 2. The highest BCUT2D eigenvalue weighted by atomic mass is 79.9. The minimum absolute atomic E-state index is 0.237. The molecule has 31 heavy (non-hydrogen) atoms. The number of fused-ring (bicyclic) bond motifs is 1. The van der Waals surface area contributed by atoms with Crippen LogP contribution in [-0.2, 0) is 9.59 Å². The van der Waals surface area contributed by atoms with Crippen molar-refractivity contribution in [2.45, 2.75) is 13.8 Å². The number of carboxylic acid groups (broad SMARTS) is 1. The van der Waals surface area contributed by atoms with Gasteiger partial charge in [0.2, 0.25) is 4.96 Å². The highest BCUT2D eigenvalue weighted by Gasteiger charge is 2.16. The zero-order valence-corrected chi connectivity index (χ0v) is 18.8. The van der Waals surface area contributed by atoms with Crippen molar-refractivity contribution in [3.05, 3.63) is 73.5 Å². The molecule has 0 aliphatic rings. The average Bonchev–Trinajstić information content (AvgIpc) is 3.21. The minimum Gasteiger partial charge on any atom is -0.481 e. The molecule has 0 aliphatic heterocycles. The van der Waals surface area contributed by atoms with Crippen LogP contribution in [0.3, 0.4) is 0 Å². The molecule has 0 bridgehead atoms. The first kappa shape index (κ1) is 22.3. The van der Waals surface area contributed by atoms with Crippen molar-refractivity contribution < 1.29 is 19.4 Å². The van der Waals surface area contributed by atoms with Crippen LogP contribution in [0.2, 0.25) is 0 Å². The molecular formula is C21H16BrN3O5S. The third kappa shape index (κ3) is 5.62. The van der Waals surface area contributed by atoms with E-state index in [1.54, 1.807) is 30.3 Å². The third-order valence-corrected chi connectivity index (χ3v) is 5.16. The first-order valence-corrected chi connectivity index (χ1v) is 10.5. The van der Waals surface area contributed by atoms with E-state index in [0.717, 1.165) is 17.0 Å². The summed E-state index contributed by atoms with van der Waals surface area (Å²) in [5.74, 6) is -0.570. The number of esters is 1. The van der Waals surface area contributed by atoms with E-state index in [0.29, 0.717) is 26.6 Å². The van der Waals surface area contributed by atoms with Gasteiger partial charge < -0.3 is 9.84 Å². The van der Waals surface area contributed by atoms with E-state index in [1.165, 1.54) is 22.8 Å². The standard InChI is InChI=1S/C19H12BrN3O3S.C2H4O2/c1-11(24)26-15-8-3-2-7-14(15)17-21-19-23(22-17)18(25)16(27-19)10-12-5-4-6-13(20)9-12;1-2(3)4/h2-10H,1H3;1H3,(H,3,4). The van der Waals surface area contributed by atoms with Gasteiger partial charge in [-0.1, -0.05) is 51.5 Å². The number of para-hydroxylation sites is 1. The van der Waals surface area contributed by atoms with Gasteiger partial charge in [0.15, 0.2) is 5.82 Å². The summed E-state index contributed by atoms with van der Waals surface area (Å²) in [5.41, 5.74) is 1.23. The Morgan fingerprint density at radius 3 is 2.52 bits per heavy atom. The van der Waals surface area contributed by atoms with Gasteiger partial charge in [-0.05, 0) is 35.9 Å². The Morgan fingerprint density at radius 2 is 1.87 bits per heavy atom. The van der Waals surface area contributed by atoms with E-state index in [4.69, 9.17) is 14.6 Å². The molecular weight excluding hydrogens is 486 g/mol. The van der Waals surface area contributed by atoms with Crippen LogP contribution in [0.1, 0.15) is 19.4 Å². The van der Waals surface area contributed by atoms with Crippen LogP contribution in [0.25, 0.3) is 22.4 Å². The summed E-state index contributed by atoms with van der Waals surface area (Å²) in [7, 11) is 0. The van der Waals surface area contributed by atoms with Gasteiger partial charge in [-0.15, -0.1) is 5.10 Å². The monoisotopic (exact) mass is 501 g/mol. The predicted molar refractivity (Wildman–Crippen MR) is 120 cm³/mol. The summed E-state index contributed by atoms with van der Waals surface area (Å²) in [6.45, 7) is 2.41. The van der Waals surface area contributed by atoms with Crippen molar-refractivity contribution in [1.82, 2.24) is 14.6 Å². The molecule has 1 N–H and O–H groups in total. The van der Waals surface area contributed by atoms with Gasteiger partial charge in [0, 0.05) is 18.3 Å². The van der Waals surface area contributed by atoms with Crippen molar-refractivity contribution in [2.75, 3.05) is 0 Å². The van der Waals surface area contributed by atoms with Crippen LogP contribution in [0.5, 0.6) is 5.75 Å². The van der Waals surface area contributed by atoms with E-state index in [-0.39, 0.29) is 5.56 Å². The summed E-state index contributed by atoms with van der Waals surface area (Å²) < 4.78 is 7.96. The molecule has 10 heteroatoms. The Bertz CT molecular complexity index is 1380. The van der Waals surface area contributed by atoms with Crippen molar-refractivity contribution in [3.63, 3.8) is 0 Å². The highest BCUT2D eigenvalue weighted by molar-refractivity contribution is 9.10. The number of aliphatic carboxylic acids is 1. The lowest BCUT2D eigenvalue weighted by atomic mass is 10.2. The topological polar surface area (TPSA) is 111 Å². The van der Waals surface area contributed by atoms with Gasteiger partial charge >= 0.3 is 5.97 Å². The molecule has 0 amide bonds. The first-order chi connectivity index (χ1) is 14.7. The number of hydrogen-bond donors (Lipinski definition) is 1. The molecule has 158 valence electrons. The van der Waals surface area contributed by atoms with Crippen molar-refractivity contribution >= 4 is 50.2 Å². The number of halogens is 1. The molecule has 0 spiro atoms. The Kier molecular flexibility index (Phi) is 6.93. The number of hydrogen-bond acceptors (Lipinski definition) is 7. The zero-order chi connectivity index (χ0) is 22.5. The molecule has 8 nitrogen and oxygen atoms in total. The van der Waals surface area contributed by atoms with Crippen LogP contribution >= 0.6 is 27.3 Å². The van der Waals surface area contributed by atoms with Crippen molar-refractivity contribution in [2.24, 2.45) is 0 Å². The Morgan fingerprint density at radius 1 is 1.16 bits per heavy atom. The fourth-order valence-electron chi connectivity index (χ4n) is 2.59. The molecule has 2 aromatic heterocycles. The molecule has 0 aliphatic carbocycles. The lowest BCUT2D eigenvalue weighted by molar-refractivity contribution is -0.134. The molecule has 2 heterocycles. The summed E-state index contributed by atoms with van der Waals surface area (Å²) in [6.07, 6.45) is 1.81. The van der Waals surface area contributed by atoms with Crippen molar-refractivity contribution in [1.29, 1.82) is 0 Å². The summed E-state index contributed by atoms with van der Waals surface area (Å²) in [4.78, 5) is 37.9. The highest BCUT2D eigenvalue weighted by Crippen LogP contribution is 2.27. The molecule has 0 fully saturated rings. The van der Waals surface area contributed by atoms with Crippen molar-refractivity contribution in [3.8, 4) is 17.1 Å². The van der Waals surface area contributed by atoms with Gasteiger partial charge in [0.1, 0.15) is 5.75 Å². The van der Waals surface area contributed by atoms with E-state index in [9.17, 15) is 9.59 Å². The lowest BCUT2D eigenvalue weighted by Crippen LogP contribution is -2.23. The molecule has 0 unspecified atom stereocenters. The van der Waals surface area contributed by atoms with Gasteiger partial charge in [-0.2, -0.15) is 9.50 Å². The largest absolute Gasteiger partial charge is 0.481 e. The van der Waals surface area contributed by atoms with Gasteiger partial charge in [0.05, 0.1) is 10.1 Å². The Labute approximate surface area is 188 Å². The second kappa shape index (κ2) is 9.63. The smallest absolute Gasteiger partial charge is 0.308 e. The lowest BCUT2D eigenvalue weighted by Gasteiger charge is -2.04. The van der Waals surface area contributed by atoms with E-state index >= 15 is 0 Å². The maximum Gasteiger partial charge on any atom is 0.308 e. The van der Waals surface area contributed by atoms with Crippen LogP contribution in [0.15, 0.2) is 57.8 Å². The van der Waals surface area contributed by atoms with E-state index in [2.05, 4.69) is 26.0 Å².